The zero-order valence-corrected chi connectivity index (χ0v) is 15.9. The Balaban J connectivity index is 1.67. The molecule has 0 bridgehead atoms. The van der Waals surface area contributed by atoms with E-state index >= 15 is 0 Å². The Morgan fingerprint density at radius 2 is 1.33 bits per heavy atom. The third-order valence-corrected chi connectivity index (χ3v) is 6.18. The van der Waals surface area contributed by atoms with Crippen molar-refractivity contribution in [2.45, 2.75) is 0 Å². The summed E-state index contributed by atoms with van der Waals surface area (Å²) in [7, 11) is 0. The summed E-state index contributed by atoms with van der Waals surface area (Å²) in [4.78, 5) is 1.86. The number of benzene rings is 5. The number of para-hydroxylation sites is 1. The number of anilines is 3. The van der Waals surface area contributed by atoms with E-state index in [1.165, 1.54) is 5.46 Å². The molecule has 2 aliphatic rings. The van der Waals surface area contributed by atoms with Gasteiger partial charge in [0, 0.05) is 16.8 Å². The van der Waals surface area contributed by atoms with Crippen molar-refractivity contribution in [3.05, 3.63) is 109 Å². The minimum atomic E-state index is -0.454. The van der Waals surface area contributed by atoms with Crippen molar-refractivity contribution in [2.24, 2.45) is 0 Å². The summed E-state index contributed by atoms with van der Waals surface area (Å²) in [5, 5.41) is 0.0378. The van der Waals surface area contributed by atoms with E-state index in [1.807, 2.05) is 47.4 Å². The summed E-state index contributed by atoms with van der Waals surface area (Å²) in [6.45, 7) is -0.0185. The smallest absolute Gasteiger partial charge is 0.248 e. The first-order valence-electron chi connectivity index (χ1n) is 13.4. The summed E-state index contributed by atoms with van der Waals surface area (Å²) >= 11 is 0. The van der Waals surface area contributed by atoms with E-state index in [1.54, 1.807) is 0 Å². The van der Waals surface area contributed by atoms with Gasteiger partial charge in [-0.15, -0.1) is 0 Å². The summed E-state index contributed by atoms with van der Waals surface area (Å²) in [6.07, 6.45) is 0. The lowest BCUT2D eigenvalue weighted by Crippen LogP contribution is -2.54. The molecule has 5 aromatic rings. The standard InChI is InChI=1S/C28H18BN/c1-2-11-20-19(9-1)10-7-17-25(20)30-26-16-6-5-15-24(26)29-23-14-4-3-12-21(23)22-13-8-18-27(30)28(22)29/h1-18H/i1D,2D,7D,9D,10D,11D,17D. The summed E-state index contributed by atoms with van der Waals surface area (Å²) < 4.78 is 59.9. The van der Waals surface area contributed by atoms with Crippen LogP contribution in [0.25, 0.3) is 21.9 Å². The molecule has 1 nitrogen and oxygen atoms in total. The molecule has 5 aromatic carbocycles. The van der Waals surface area contributed by atoms with Crippen LogP contribution in [0.1, 0.15) is 9.60 Å². The van der Waals surface area contributed by atoms with Crippen LogP contribution in [0.2, 0.25) is 0 Å². The molecule has 0 fully saturated rings. The van der Waals surface area contributed by atoms with Gasteiger partial charge in [0.25, 0.3) is 0 Å². The molecule has 0 spiro atoms. The summed E-state index contributed by atoms with van der Waals surface area (Å²) in [5.74, 6) is 0. The second kappa shape index (κ2) is 5.87. The zero-order chi connectivity index (χ0) is 25.7. The van der Waals surface area contributed by atoms with Crippen LogP contribution < -0.4 is 21.3 Å². The maximum atomic E-state index is 8.98. The van der Waals surface area contributed by atoms with Gasteiger partial charge in [0.2, 0.25) is 6.71 Å². The van der Waals surface area contributed by atoms with Crippen molar-refractivity contribution >= 4 is 50.9 Å². The van der Waals surface area contributed by atoms with E-state index in [9.17, 15) is 0 Å². The Labute approximate surface area is 186 Å². The third kappa shape index (κ3) is 1.98. The second-order valence-electron chi connectivity index (χ2n) is 7.63. The van der Waals surface area contributed by atoms with Gasteiger partial charge in [-0.2, -0.15) is 0 Å². The molecule has 2 aliphatic heterocycles. The first-order chi connectivity index (χ1) is 17.8. The minimum absolute atomic E-state index is 0.0185. The first-order valence-corrected chi connectivity index (χ1v) is 9.94. The molecule has 0 saturated heterocycles. The van der Waals surface area contributed by atoms with Gasteiger partial charge in [0.1, 0.15) is 0 Å². The van der Waals surface area contributed by atoms with E-state index < -0.39 is 12.1 Å². The SMILES string of the molecule is [2H]c1c([2H])c([2H])c2c(N3c4ccccc4B4c5ccccc5-c5cccc3c54)c([2H])c([2H])c([2H])c2c1[2H]. The fourth-order valence-corrected chi connectivity index (χ4v) is 5.03. The molecule has 138 valence electrons. The Kier molecular flexibility index (Phi) is 2.12. The Morgan fingerprint density at radius 3 is 2.30 bits per heavy atom. The predicted octanol–water partition coefficient (Wildman–Crippen LogP) is 5.12. The second-order valence-corrected chi connectivity index (χ2v) is 7.63. The molecular formula is C28H18BN. The molecule has 0 amide bonds. The number of hydrogen-bond acceptors (Lipinski definition) is 1. The molecule has 0 radical (unpaired) electrons. The lowest BCUT2D eigenvalue weighted by atomic mass is 9.37. The zero-order valence-electron chi connectivity index (χ0n) is 22.9. The van der Waals surface area contributed by atoms with Crippen LogP contribution in [0, 0.1) is 0 Å². The van der Waals surface area contributed by atoms with Gasteiger partial charge in [0.15, 0.2) is 0 Å². The van der Waals surface area contributed by atoms with Gasteiger partial charge in [0.05, 0.1) is 15.3 Å². The van der Waals surface area contributed by atoms with Crippen LogP contribution in [-0.2, 0) is 0 Å². The highest BCUT2D eigenvalue weighted by Gasteiger charge is 2.41. The van der Waals surface area contributed by atoms with Gasteiger partial charge in [-0.05, 0) is 45.6 Å². The summed E-state index contributed by atoms with van der Waals surface area (Å²) in [6, 6.07) is 19.6. The molecule has 2 heteroatoms. The molecular weight excluding hydrogens is 361 g/mol. The van der Waals surface area contributed by atoms with E-state index in [0.717, 1.165) is 33.4 Å². The monoisotopic (exact) mass is 386 g/mol. The van der Waals surface area contributed by atoms with Gasteiger partial charge >= 0.3 is 0 Å². The Bertz CT molecular complexity index is 1830. The van der Waals surface area contributed by atoms with E-state index in [4.69, 9.17) is 9.60 Å². The van der Waals surface area contributed by atoms with Crippen molar-refractivity contribution in [1.29, 1.82) is 0 Å². The molecule has 0 aromatic heterocycles. The lowest BCUT2D eigenvalue weighted by Gasteiger charge is -2.36. The molecule has 2 heterocycles. The third-order valence-electron chi connectivity index (χ3n) is 6.18. The molecule has 0 atom stereocenters. The van der Waals surface area contributed by atoms with Crippen LogP contribution in [0.15, 0.2) is 109 Å². The van der Waals surface area contributed by atoms with Crippen LogP contribution in [0.3, 0.4) is 0 Å². The molecule has 7 rings (SSSR count). The van der Waals surface area contributed by atoms with E-state index in [0.29, 0.717) is 0 Å². The quantitative estimate of drug-likeness (QED) is 0.354. The van der Waals surface area contributed by atoms with Crippen LogP contribution in [0.5, 0.6) is 0 Å². The maximum Gasteiger partial charge on any atom is 0.248 e. The fraction of sp³-hybridized carbons (Fsp3) is 0. The molecule has 0 aliphatic carbocycles. The number of nitrogens with zero attached hydrogens (tertiary/aromatic N) is 1. The highest BCUT2D eigenvalue weighted by Crippen LogP contribution is 2.42. The lowest BCUT2D eigenvalue weighted by molar-refractivity contribution is 1.31. The van der Waals surface area contributed by atoms with Crippen molar-refractivity contribution in [3.8, 4) is 11.1 Å². The van der Waals surface area contributed by atoms with Crippen molar-refractivity contribution < 1.29 is 9.60 Å². The average Bonchev–Trinajstić information content (AvgIpc) is 3.26. The number of hydrogen-bond donors (Lipinski definition) is 0. The average molecular weight is 386 g/mol. The molecule has 0 saturated carbocycles. The molecule has 0 unspecified atom stereocenters. The van der Waals surface area contributed by atoms with Crippen molar-refractivity contribution in [2.75, 3.05) is 4.90 Å². The number of fused-ring (bicyclic) bond motifs is 6. The normalized spacial score (nSPS) is 16.5. The van der Waals surface area contributed by atoms with Crippen molar-refractivity contribution in [3.63, 3.8) is 0 Å². The largest absolute Gasteiger partial charge is 0.311 e. The fourth-order valence-electron chi connectivity index (χ4n) is 5.03. The highest BCUT2D eigenvalue weighted by atomic mass is 15.2. The van der Waals surface area contributed by atoms with E-state index in [-0.39, 0.29) is 53.4 Å². The summed E-state index contributed by atoms with van der Waals surface area (Å²) in [5.41, 5.74) is 7.28. The predicted molar refractivity (Wildman–Crippen MR) is 129 cm³/mol. The van der Waals surface area contributed by atoms with Crippen LogP contribution in [-0.4, -0.2) is 6.71 Å². The van der Waals surface area contributed by atoms with Gasteiger partial charge < -0.3 is 4.90 Å². The Hall–Kier alpha value is -3.78. The maximum absolute atomic E-state index is 8.98. The van der Waals surface area contributed by atoms with Gasteiger partial charge in [-0.3, -0.25) is 0 Å². The molecule has 0 N–H and O–H groups in total. The topological polar surface area (TPSA) is 3.24 Å². The number of rotatable bonds is 1. The van der Waals surface area contributed by atoms with Crippen molar-refractivity contribution in [1.82, 2.24) is 0 Å². The van der Waals surface area contributed by atoms with Gasteiger partial charge in [-0.1, -0.05) is 96.3 Å². The van der Waals surface area contributed by atoms with Crippen LogP contribution in [0.4, 0.5) is 17.1 Å². The van der Waals surface area contributed by atoms with E-state index in [2.05, 4.69) is 24.3 Å². The van der Waals surface area contributed by atoms with Crippen LogP contribution >= 0.6 is 0 Å². The minimum Gasteiger partial charge on any atom is -0.311 e. The molecule has 30 heavy (non-hydrogen) atoms. The first kappa shape index (κ1) is 10.8. The Morgan fingerprint density at radius 1 is 0.600 bits per heavy atom. The van der Waals surface area contributed by atoms with Gasteiger partial charge in [-0.25, -0.2) is 0 Å². The highest BCUT2D eigenvalue weighted by molar-refractivity contribution is 7.01.